The molecule has 0 unspecified atom stereocenters. The fourth-order valence-electron chi connectivity index (χ4n) is 3.13. The van der Waals surface area contributed by atoms with Crippen LogP contribution in [0.25, 0.3) is 0 Å². The number of rotatable bonds is 4. The average molecular weight is 455 g/mol. The molecule has 0 spiro atoms. The smallest absolute Gasteiger partial charge is 0.272 e. The molecule has 0 bridgehead atoms. The monoisotopic (exact) mass is 453 g/mol. The number of hydrogen-bond donors (Lipinski definition) is 2. The topological polar surface area (TPSA) is 86.2 Å². The molecule has 2 saturated heterocycles. The summed E-state index contributed by atoms with van der Waals surface area (Å²) in [6.45, 7) is 3.85. The molecule has 5 atom stereocenters. The number of carbonyl (C=O) groups is 1. The Morgan fingerprint density at radius 1 is 1.32 bits per heavy atom. The molecule has 1 aromatic rings. The second kappa shape index (κ2) is 8.62. The van der Waals surface area contributed by atoms with Crippen molar-refractivity contribution in [2.24, 2.45) is 0 Å². The Morgan fingerprint density at radius 2 is 2.00 bits per heavy atom. The highest BCUT2D eigenvalue weighted by molar-refractivity contribution is 6.76. The number of carbonyl (C=O) groups excluding carboxylic acids is 1. The van der Waals surface area contributed by atoms with Gasteiger partial charge in [-0.1, -0.05) is 65.1 Å². The Hall–Kier alpha value is -0.640. The van der Waals surface area contributed by atoms with Gasteiger partial charge in [-0.25, -0.2) is 0 Å². The molecule has 0 saturated carbocycles. The first-order valence-corrected chi connectivity index (χ1v) is 9.89. The summed E-state index contributed by atoms with van der Waals surface area (Å²) in [7, 11) is 0. The van der Waals surface area contributed by atoms with Crippen LogP contribution in [0, 0.1) is 0 Å². The summed E-state index contributed by atoms with van der Waals surface area (Å²) >= 11 is 17.0. The van der Waals surface area contributed by atoms with Crippen LogP contribution in [0.4, 0.5) is 0 Å². The van der Waals surface area contributed by atoms with E-state index in [1.54, 1.807) is 13.8 Å². The minimum absolute atomic E-state index is 0.197. The van der Waals surface area contributed by atoms with Gasteiger partial charge < -0.3 is 29.4 Å². The number of ether oxygens (including phenoxy) is 4. The van der Waals surface area contributed by atoms with Crippen molar-refractivity contribution in [3.63, 3.8) is 0 Å². The molecule has 2 aliphatic rings. The standard InChI is InChI=1S/C18H22Cl3NO6/c1-17(2)26-9-11-14(28-17)13(23)12(22-16(24)18(19,20)21)15(27-11)25-8-10-6-4-3-5-7-10/h3-7,11-15,23H,8-9H2,1-2H3,(H,22,24)/t11-,12-,13-,14-,15-/m1/s1. The van der Waals surface area contributed by atoms with E-state index >= 15 is 0 Å². The molecular formula is C18H22Cl3NO6. The van der Waals surface area contributed by atoms with Crippen LogP contribution < -0.4 is 5.32 Å². The molecule has 3 rings (SSSR count). The molecule has 2 fully saturated rings. The molecule has 28 heavy (non-hydrogen) atoms. The van der Waals surface area contributed by atoms with Gasteiger partial charge in [-0.3, -0.25) is 4.79 Å². The predicted octanol–water partition coefficient (Wildman–Crippen LogP) is 2.30. The maximum absolute atomic E-state index is 12.2. The van der Waals surface area contributed by atoms with E-state index in [0.717, 1.165) is 5.56 Å². The van der Waals surface area contributed by atoms with Crippen LogP contribution in [-0.4, -0.2) is 57.8 Å². The lowest BCUT2D eigenvalue weighted by molar-refractivity contribution is -0.369. The van der Waals surface area contributed by atoms with Crippen LogP contribution in [0.3, 0.4) is 0 Å². The van der Waals surface area contributed by atoms with Gasteiger partial charge in [0.05, 0.1) is 13.2 Å². The summed E-state index contributed by atoms with van der Waals surface area (Å²) < 4.78 is 21.0. The van der Waals surface area contributed by atoms with Crippen LogP contribution >= 0.6 is 34.8 Å². The molecular weight excluding hydrogens is 433 g/mol. The molecule has 2 aliphatic heterocycles. The molecule has 156 valence electrons. The summed E-state index contributed by atoms with van der Waals surface area (Å²) in [4.78, 5) is 12.2. The van der Waals surface area contributed by atoms with Gasteiger partial charge in [0.2, 0.25) is 0 Å². The molecule has 7 nitrogen and oxygen atoms in total. The quantitative estimate of drug-likeness (QED) is 0.679. The SMILES string of the molecule is CC1(C)OC[C@H]2O[C@@H](OCc3ccccc3)[C@H](NC(=O)C(Cl)(Cl)Cl)[C@@H](O)[C@@H]2O1. The number of hydrogen-bond acceptors (Lipinski definition) is 6. The van der Waals surface area contributed by atoms with E-state index in [2.05, 4.69) is 5.32 Å². The van der Waals surface area contributed by atoms with Crippen molar-refractivity contribution >= 4 is 40.7 Å². The highest BCUT2D eigenvalue weighted by Crippen LogP contribution is 2.34. The number of aliphatic hydroxyl groups is 1. The lowest BCUT2D eigenvalue weighted by Crippen LogP contribution is -2.69. The van der Waals surface area contributed by atoms with Crippen molar-refractivity contribution in [2.45, 2.75) is 60.7 Å². The van der Waals surface area contributed by atoms with Crippen LogP contribution in [-0.2, 0) is 30.3 Å². The minimum Gasteiger partial charge on any atom is -0.388 e. The fraction of sp³-hybridized carbons (Fsp3) is 0.611. The zero-order valence-electron chi connectivity index (χ0n) is 15.3. The number of alkyl halides is 3. The summed E-state index contributed by atoms with van der Waals surface area (Å²) in [6, 6.07) is 8.38. The Labute approximate surface area is 178 Å². The fourth-order valence-corrected chi connectivity index (χ4v) is 3.29. The highest BCUT2D eigenvalue weighted by Gasteiger charge is 2.52. The first-order valence-electron chi connectivity index (χ1n) is 8.75. The molecule has 0 aliphatic carbocycles. The van der Waals surface area contributed by atoms with Crippen molar-refractivity contribution in [1.29, 1.82) is 0 Å². The van der Waals surface area contributed by atoms with Gasteiger partial charge in [0.1, 0.15) is 24.4 Å². The molecule has 0 aromatic heterocycles. The highest BCUT2D eigenvalue weighted by atomic mass is 35.6. The summed E-state index contributed by atoms with van der Waals surface area (Å²) in [5.41, 5.74) is 0.895. The van der Waals surface area contributed by atoms with E-state index in [-0.39, 0.29) is 13.2 Å². The van der Waals surface area contributed by atoms with Gasteiger partial charge >= 0.3 is 0 Å². The van der Waals surface area contributed by atoms with E-state index in [1.165, 1.54) is 0 Å². The predicted molar refractivity (Wildman–Crippen MR) is 103 cm³/mol. The van der Waals surface area contributed by atoms with Gasteiger partial charge in [0.15, 0.2) is 12.1 Å². The molecule has 2 heterocycles. The number of fused-ring (bicyclic) bond motifs is 1. The second-order valence-corrected chi connectivity index (χ2v) is 9.40. The first-order chi connectivity index (χ1) is 13.1. The zero-order chi connectivity index (χ0) is 20.5. The van der Waals surface area contributed by atoms with Crippen LogP contribution in [0.5, 0.6) is 0 Å². The normalized spacial score (nSPS) is 32.4. The van der Waals surface area contributed by atoms with Crippen LogP contribution in [0.2, 0.25) is 0 Å². The van der Waals surface area contributed by atoms with Crippen molar-refractivity contribution in [3.8, 4) is 0 Å². The molecule has 1 amide bonds. The largest absolute Gasteiger partial charge is 0.388 e. The van der Waals surface area contributed by atoms with Gasteiger partial charge in [0, 0.05) is 0 Å². The number of nitrogens with one attached hydrogen (secondary N) is 1. The van der Waals surface area contributed by atoms with E-state index in [4.69, 9.17) is 53.8 Å². The maximum Gasteiger partial charge on any atom is 0.272 e. The van der Waals surface area contributed by atoms with E-state index in [0.29, 0.717) is 0 Å². The molecule has 0 radical (unpaired) electrons. The van der Waals surface area contributed by atoms with Gasteiger partial charge in [0.25, 0.3) is 9.70 Å². The Balaban J connectivity index is 1.77. The first kappa shape index (κ1) is 22.1. The minimum atomic E-state index is -2.20. The van der Waals surface area contributed by atoms with E-state index < -0.39 is 46.1 Å². The zero-order valence-corrected chi connectivity index (χ0v) is 17.6. The second-order valence-electron chi connectivity index (χ2n) is 7.12. The van der Waals surface area contributed by atoms with Crippen molar-refractivity contribution < 1.29 is 28.8 Å². The molecule has 10 heteroatoms. The summed E-state index contributed by atoms with van der Waals surface area (Å²) in [5.74, 6) is -1.81. The maximum atomic E-state index is 12.2. The molecule has 2 N–H and O–H groups in total. The number of aliphatic hydroxyl groups excluding tert-OH is 1. The lowest BCUT2D eigenvalue weighted by atomic mass is 9.95. The average Bonchev–Trinajstić information content (AvgIpc) is 2.62. The van der Waals surface area contributed by atoms with Gasteiger partial charge in [-0.05, 0) is 19.4 Å². The number of halogens is 3. The Bertz CT molecular complexity index is 684. The van der Waals surface area contributed by atoms with Gasteiger partial charge in [-0.15, -0.1) is 0 Å². The van der Waals surface area contributed by atoms with Crippen LogP contribution in [0.15, 0.2) is 30.3 Å². The summed E-state index contributed by atoms with van der Waals surface area (Å²) in [5, 5.41) is 13.4. The van der Waals surface area contributed by atoms with Crippen molar-refractivity contribution in [1.82, 2.24) is 5.32 Å². The lowest BCUT2D eigenvalue weighted by Gasteiger charge is -2.49. The van der Waals surface area contributed by atoms with Gasteiger partial charge in [-0.2, -0.15) is 0 Å². The van der Waals surface area contributed by atoms with E-state index in [1.807, 2.05) is 30.3 Å². The summed E-state index contributed by atoms with van der Waals surface area (Å²) in [6.07, 6.45) is -3.49. The van der Waals surface area contributed by atoms with E-state index in [9.17, 15) is 9.90 Å². The van der Waals surface area contributed by atoms with Crippen molar-refractivity contribution in [2.75, 3.05) is 6.61 Å². The Kier molecular flexibility index (Phi) is 6.79. The molecule has 1 aromatic carbocycles. The van der Waals surface area contributed by atoms with Crippen molar-refractivity contribution in [3.05, 3.63) is 35.9 Å². The number of benzene rings is 1. The third-order valence-electron chi connectivity index (χ3n) is 4.50. The number of amides is 1. The third kappa shape index (κ3) is 5.29. The third-order valence-corrected chi connectivity index (χ3v) is 5.02. The van der Waals surface area contributed by atoms with Crippen LogP contribution in [0.1, 0.15) is 19.4 Å². The Morgan fingerprint density at radius 3 is 2.64 bits per heavy atom.